The van der Waals surface area contributed by atoms with Gasteiger partial charge in [0, 0.05) is 22.2 Å². The molecule has 4 rings (SSSR count). The first-order chi connectivity index (χ1) is 17.4. The first-order valence-electron chi connectivity index (χ1n) is 10.9. The van der Waals surface area contributed by atoms with Crippen molar-refractivity contribution in [3.63, 3.8) is 0 Å². The molecular formula is C26H22N2O6S2. The van der Waals surface area contributed by atoms with Crippen molar-refractivity contribution in [1.82, 2.24) is 4.90 Å². The second kappa shape index (κ2) is 11.3. The van der Waals surface area contributed by atoms with Gasteiger partial charge in [-0.05, 0) is 67.4 Å². The van der Waals surface area contributed by atoms with Gasteiger partial charge in [0.25, 0.3) is 11.1 Å². The zero-order chi connectivity index (χ0) is 25.7. The number of furan rings is 1. The number of hydrogen-bond acceptors (Lipinski definition) is 8. The summed E-state index contributed by atoms with van der Waals surface area (Å²) in [5, 5.41) is 2.19. The second-order valence-corrected chi connectivity index (χ2v) is 9.42. The summed E-state index contributed by atoms with van der Waals surface area (Å²) in [4.78, 5) is 51.5. The smallest absolute Gasteiger partial charge is 0.338 e. The van der Waals surface area contributed by atoms with Crippen LogP contribution in [0.1, 0.15) is 23.0 Å². The Morgan fingerprint density at radius 2 is 1.89 bits per heavy atom. The highest BCUT2D eigenvalue weighted by Gasteiger charge is 2.36. The number of nitrogens with one attached hydrogen (secondary N) is 1. The molecule has 3 amide bonds. The summed E-state index contributed by atoms with van der Waals surface area (Å²) in [5.41, 5.74) is 1.76. The van der Waals surface area contributed by atoms with Crippen molar-refractivity contribution in [3.8, 4) is 11.3 Å². The molecule has 1 fully saturated rings. The first kappa shape index (κ1) is 25.3. The van der Waals surface area contributed by atoms with E-state index >= 15 is 0 Å². The second-order valence-electron chi connectivity index (χ2n) is 7.55. The monoisotopic (exact) mass is 522 g/mol. The third kappa shape index (κ3) is 5.89. The fourth-order valence-electron chi connectivity index (χ4n) is 3.38. The average molecular weight is 523 g/mol. The number of hydrogen-bond donors (Lipinski definition) is 1. The summed E-state index contributed by atoms with van der Waals surface area (Å²) in [6.45, 7) is 1.65. The van der Waals surface area contributed by atoms with Gasteiger partial charge in [-0.25, -0.2) is 4.79 Å². The Balaban J connectivity index is 1.41. The summed E-state index contributed by atoms with van der Waals surface area (Å²) in [7, 11) is 0. The van der Waals surface area contributed by atoms with E-state index in [1.807, 2.05) is 24.5 Å². The lowest BCUT2D eigenvalue weighted by molar-refractivity contribution is -0.127. The van der Waals surface area contributed by atoms with Gasteiger partial charge >= 0.3 is 5.97 Å². The maximum atomic E-state index is 12.8. The molecule has 0 bridgehead atoms. The van der Waals surface area contributed by atoms with Crippen LogP contribution in [0.15, 0.2) is 74.9 Å². The molecule has 3 aromatic rings. The molecule has 1 saturated heterocycles. The Hall–Kier alpha value is -3.76. The molecule has 1 aromatic heterocycles. The van der Waals surface area contributed by atoms with Crippen LogP contribution in [0.5, 0.6) is 0 Å². The number of amides is 3. The predicted octanol–water partition coefficient (Wildman–Crippen LogP) is 5.52. The molecule has 10 heteroatoms. The minimum absolute atomic E-state index is 0.163. The van der Waals surface area contributed by atoms with Crippen LogP contribution in [0.2, 0.25) is 0 Å². The molecule has 1 aliphatic heterocycles. The molecule has 0 atom stereocenters. The number of imide groups is 1. The van der Waals surface area contributed by atoms with E-state index in [9.17, 15) is 19.2 Å². The number of rotatable bonds is 8. The Kier molecular flexibility index (Phi) is 7.97. The van der Waals surface area contributed by atoms with Crippen LogP contribution in [-0.2, 0) is 14.3 Å². The van der Waals surface area contributed by atoms with E-state index in [1.165, 1.54) is 6.08 Å². The number of ether oxygens (including phenoxy) is 1. The highest BCUT2D eigenvalue weighted by Crippen LogP contribution is 2.33. The maximum absolute atomic E-state index is 12.8. The average Bonchev–Trinajstić information content (AvgIpc) is 3.44. The number of benzene rings is 2. The number of carbonyl (C=O) groups is 4. The zero-order valence-electron chi connectivity index (χ0n) is 19.5. The molecule has 0 radical (unpaired) electrons. The third-order valence-corrected chi connectivity index (χ3v) is 6.74. The molecule has 2 aromatic carbocycles. The molecule has 0 saturated carbocycles. The lowest BCUT2D eigenvalue weighted by Gasteiger charge is -2.12. The van der Waals surface area contributed by atoms with Crippen molar-refractivity contribution in [2.75, 3.05) is 24.7 Å². The highest BCUT2D eigenvalue weighted by atomic mass is 32.2. The summed E-state index contributed by atoms with van der Waals surface area (Å²) in [6.07, 6.45) is 3.40. The van der Waals surface area contributed by atoms with Gasteiger partial charge in [-0.3, -0.25) is 19.3 Å². The summed E-state index contributed by atoms with van der Waals surface area (Å²) >= 11 is 2.29. The zero-order valence-corrected chi connectivity index (χ0v) is 21.1. The molecule has 0 spiro atoms. The number of anilines is 1. The van der Waals surface area contributed by atoms with E-state index in [2.05, 4.69) is 5.32 Å². The molecule has 2 heterocycles. The highest BCUT2D eigenvalue weighted by molar-refractivity contribution is 8.18. The van der Waals surface area contributed by atoms with E-state index in [-0.39, 0.29) is 11.4 Å². The molecule has 1 aliphatic rings. The Morgan fingerprint density at radius 3 is 2.61 bits per heavy atom. The lowest BCUT2D eigenvalue weighted by atomic mass is 10.1. The number of esters is 1. The van der Waals surface area contributed by atoms with Gasteiger partial charge in [0.15, 0.2) is 0 Å². The normalized spacial score (nSPS) is 14.4. The Morgan fingerprint density at radius 1 is 1.11 bits per heavy atom. The number of carbonyl (C=O) groups excluding carboxylic acids is 4. The largest absolute Gasteiger partial charge is 0.462 e. The number of thioether (sulfide) groups is 2. The standard InChI is InChI=1S/C26H22N2O6S2/c1-3-33-25(31)17-9-7-16(8-10-17)21-12-11-19(34-21)14-22-24(30)28(26(32)36-22)15-23(29)27-18-5-4-6-20(13-18)35-2/h4-14H,3,15H2,1-2H3,(H,27,29)/b22-14+. The van der Waals surface area contributed by atoms with Gasteiger partial charge in [-0.2, -0.15) is 0 Å². The Labute approximate surface area is 216 Å². The van der Waals surface area contributed by atoms with E-state index in [0.29, 0.717) is 29.4 Å². The van der Waals surface area contributed by atoms with Crippen LogP contribution in [0.3, 0.4) is 0 Å². The summed E-state index contributed by atoms with van der Waals surface area (Å²) in [5.74, 6) is -0.522. The van der Waals surface area contributed by atoms with Gasteiger partial charge < -0.3 is 14.5 Å². The molecule has 36 heavy (non-hydrogen) atoms. The topological polar surface area (TPSA) is 106 Å². The predicted molar refractivity (Wildman–Crippen MR) is 140 cm³/mol. The van der Waals surface area contributed by atoms with E-state index in [0.717, 1.165) is 27.1 Å². The van der Waals surface area contributed by atoms with E-state index in [1.54, 1.807) is 61.2 Å². The molecule has 8 nitrogen and oxygen atoms in total. The molecule has 0 unspecified atom stereocenters. The van der Waals surface area contributed by atoms with Gasteiger partial charge in [0.05, 0.1) is 17.1 Å². The van der Waals surface area contributed by atoms with E-state index < -0.39 is 23.0 Å². The van der Waals surface area contributed by atoms with Crippen LogP contribution in [0.4, 0.5) is 10.5 Å². The SMILES string of the molecule is CCOC(=O)c1ccc(-c2ccc(/C=C3/SC(=O)N(CC(=O)Nc4cccc(SC)c4)C3=O)o2)cc1. The molecule has 0 aliphatic carbocycles. The molecular weight excluding hydrogens is 500 g/mol. The summed E-state index contributed by atoms with van der Waals surface area (Å²) < 4.78 is 10.8. The fourth-order valence-corrected chi connectivity index (χ4v) is 4.66. The lowest BCUT2D eigenvalue weighted by Crippen LogP contribution is -2.36. The van der Waals surface area contributed by atoms with Crippen LogP contribution >= 0.6 is 23.5 Å². The maximum Gasteiger partial charge on any atom is 0.338 e. The van der Waals surface area contributed by atoms with Crippen molar-refractivity contribution in [1.29, 1.82) is 0 Å². The van der Waals surface area contributed by atoms with Gasteiger partial charge in [0.2, 0.25) is 5.91 Å². The quantitative estimate of drug-likeness (QED) is 0.234. The van der Waals surface area contributed by atoms with Crippen LogP contribution in [0, 0.1) is 0 Å². The summed E-state index contributed by atoms with van der Waals surface area (Å²) in [6, 6.07) is 17.4. The van der Waals surface area contributed by atoms with Crippen LogP contribution in [-0.4, -0.2) is 47.3 Å². The van der Waals surface area contributed by atoms with E-state index in [4.69, 9.17) is 9.15 Å². The molecule has 184 valence electrons. The molecule has 1 N–H and O–H groups in total. The first-order valence-corrected chi connectivity index (χ1v) is 13.0. The number of nitrogens with zero attached hydrogens (tertiary/aromatic N) is 1. The van der Waals surface area contributed by atoms with Crippen molar-refractivity contribution in [3.05, 3.63) is 76.9 Å². The van der Waals surface area contributed by atoms with Gasteiger partial charge in [-0.15, -0.1) is 11.8 Å². The van der Waals surface area contributed by atoms with Crippen molar-refractivity contribution in [2.45, 2.75) is 11.8 Å². The minimum Gasteiger partial charge on any atom is -0.462 e. The van der Waals surface area contributed by atoms with Crippen LogP contribution in [0.25, 0.3) is 17.4 Å². The van der Waals surface area contributed by atoms with Crippen molar-refractivity contribution in [2.24, 2.45) is 0 Å². The third-order valence-electron chi connectivity index (χ3n) is 5.11. The minimum atomic E-state index is -0.560. The van der Waals surface area contributed by atoms with Crippen LogP contribution < -0.4 is 5.32 Å². The fraction of sp³-hybridized carbons (Fsp3) is 0.154. The van der Waals surface area contributed by atoms with Crippen molar-refractivity contribution < 1.29 is 28.3 Å². The Bertz CT molecular complexity index is 1350. The van der Waals surface area contributed by atoms with Gasteiger partial charge in [0.1, 0.15) is 18.1 Å². The van der Waals surface area contributed by atoms with Crippen molar-refractivity contribution >= 4 is 58.3 Å². The van der Waals surface area contributed by atoms with Gasteiger partial charge in [-0.1, -0.05) is 18.2 Å².